The van der Waals surface area contributed by atoms with Gasteiger partial charge in [-0.25, -0.2) is 0 Å². The largest absolute Gasteiger partial charge is 0.342 e. The normalized spacial score (nSPS) is 22.8. The minimum absolute atomic E-state index is 0.149. The second-order valence-corrected chi connectivity index (χ2v) is 5.61. The molecule has 1 N–H and O–H groups in total. The summed E-state index contributed by atoms with van der Waals surface area (Å²) in [6.07, 6.45) is 5.09. The van der Waals surface area contributed by atoms with Gasteiger partial charge >= 0.3 is 0 Å². The van der Waals surface area contributed by atoms with Gasteiger partial charge in [-0.15, -0.1) is 0 Å². The molecule has 2 fully saturated rings. The lowest BCUT2D eigenvalue weighted by atomic mass is 10.0. The highest BCUT2D eigenvalue weighted by atomic mass is 16.2. The quantitative estimate of drug-likeness (QED) is 0.787. The molecule has 0 spiro atoms. The Morgan fingerprint density at radius 1 is 1.25 bits per heavy atom. The number of nitrogens with one attached hydrogen (secondary N) is 1. The van der Waals surface area contributed by atoms with Gasteiger partial charge in [0.1, 0.15) is 0 Å². The van der Waals surface area contributed by atoms with E-state index in [2.05, 4.69) is 5.32 Å². The van der Waals surface area contributed by atoms with Crippen molar-refractivity contribution in [3.05, 3.63) is 0 Å². The van der Waals surface area contributed by atoms with Crippen molar-refractivity contribution < 1.29 is 4.79 Å². The van der Waals surface area contributed by atoms with Crippen molar-refractivity contribution >= 4 is 5.91 Å². The van der Waals surface area contributed by atoms with E-state index in [1.807, 2.05) is 18.7 Å². The van der Waals surface area contributed by atoms with Gasteiger partial charge in [-0.05, 0) is 38.1 Å². The van der Waals surface area contributed by atoms with E-state index in [1.165, 1.54) is 19.4 Å². The van der Waals surface area contributed by atoms with E-state index in [0.29, 0.717) is 11.9 Å². The van der Waals surface area contributed by atoms with Crippen LogP contribution in [0, 0.1) is 11.8 Å². The molecule has 1 aliphatic heterocycles. The van der Waals surface area contributed by atoms with Crippen LogP contribution < -0.4 is 5.32 Å². The van der Waals surface area contributed by atoms with Crippen LogP contribution in [0.25, 0.3) is 0 Å². The fourth-order valence-electron chi connectivity index (χ4n) is 2.32. The molecule has 3 nitrogen and oxygen atoms in total. The second-order valence-electron chi connectivity index (χ2n) is 5.61. The number of hydrogen-bond donors (Lipinski definition) is 1. The highest BCUT2D eigenvalue weighted by Gasteiger charge is 2.26. The van der Waals surface area contributed by atoms with Crippen LogP contribution in [0.15, 0.2) is 0 Å². The Morgan fingerprint density at radius 3 is 2.38 bits per heavy atom. The molecule has 1 saturated heterocycles. The first kappa shape index (κ1) is 11.9. The molecule has 0 bridgehead atoms. The first-order chi connectivity index (χ1) is 7.66. The Hall–Kier alpha value is -0.570. The van der Waals surface area contributed by atoms with Crippen molar-refractivity contribution in [2.75, 3.05) is 19.6 Å². The third-order valence-corrected chi connectivity index (χ3v) is 3.69. The maximum absolute atomic E-state index is 11.8. The Kier molecular flexibility index (Phi) is 3.85. The minimum atomic E-state index is 0.149. The number of carbonyl (C=O) groups is 1. The van der Waals surface area contributed by atoms with Gasteiger partial charge in [-0.3, -0.25) is 4.79 Å². The van der Waals surface area contributed by atoms with Crippen LogP contribution in [0.1, 0.15) is 39.5 Å². The Balaban J connectivity index is 1.67. The summed E-state index contributed by atoms with van der Waals surface area (Å²) in [5.41, 5.74) is 0. The van der Waals surface area contributed by atoms with Crippen molar-refractivity contribution in [2.24, 2.45) is 11.8 Å². The van der Waals surface area contributed by atoms with Crippen LogP contribution in [0.5, 0.6) is 0 Å². The summed E-state index contributed by atoms with van der Waals surface area (Å²) in [5.74, 6) is 1.42. The molecule has 2 aliphatic rings. The smallest absolute Gasteiger partial charge is 0.225 e. The third kappa shape index (κ3) is 3.21. The number of likely N-dealkylation sites (tertiary alicyclic amines) is 1. The summed E-state index contributed by atoms with van der Waals surface area (Å²) in [6, 6.07) is 0.650. The topological polar surface area (TPSA) is 32.3 Å². The maximum Gasteiger partial charge on any atom is 0.225 e. The molecule has 1 amide bonds. The van der Waals surface area contributed by atoms with Gasteiger partial charge in [0.15, 0.2) is 0 Å². The van der Waals surface area contributed by atoms with Crippen LogP contribution in [-0.2, 0) is 4.79 Å². The molecule has 0 aromatic carbocycles. The van der Waals surface area contributed by atoms with Gasteiger partial charge in [0, 0.05) is 25.0 Å². The lowest BCUT2D eigenvalue weighted by Crippen LogP contribution is -2.46. The molecule has 0 unspecified atom stereocenters. The fraction of sp³-hybridized carbons (Fsp3) is 0.923. The number of piperidine rings is 1. The minimum Gasteiger partial charge on any atom is -0.342 e. The van der Waals surface area contributed by atoms with Crippen LogP contribution in [0.4, 0.5) is 0 Å². The maximum atomic E-state index is 11.8. The second kappa shape index (κ2) is 5.17. The standard InChI is InChI=1S/C13H24N2O/c1-10(2)13(16)15-7-5-12(6-8-15)14-9-11-3-4-11/h10-12,14H,3-9H2,1-2H3. The lowest BCUT2D eigenvalue weighted by molar-refractivity contribution is -0.135. The zero-order valence-electron chi connectivity index (χ0n) is 10.5. The molecule has 1 saturated carbocycles. The summed E-state index contributed by atoms with van der Waals surface area (Å²) in [4.78, 5) is 13.8. The molecule has 0 aromatic heterocycles. The zero-order valence-corrected chi connectivity index (χ0v) is 10.5. The molecule has 2 rings (SSSR count). The number of nitrogens with zero attached hydrogens (tertiary/aromatic N) is 1. The first-order valence-corrected chi connectivity index (χ1v) is 6.69. The van der Waals surface area contributed by atoms with Gasteiger partial charge in [-0.2, -0.15) is 0 Å². The van der Waals surface area contributed by atoms with E-state index < -0.39 is 0 Å². The van der Waals surface area contributed by atoms with E-state index in [-0.39, 0.29) is 5.92 Å². The Labute approximate surface area is 98.6 Å². The van der Waals surface area contributed by atoms with Crippen LogP contribution in [-0.4, -0.2) is 36.5 Å². The predicted molar refractivity (Wildman–Crippen MR) is 65.2 cm³/mol. The van der Waals surface area contributed by atoms with Crippen molar-refractivity contribution in [1.29, 1.82) is 0 Å². The summed E-state index contributed by atoms with van der Waals surface area (Å²) < 4.78 is 0. The van der Waals surface area contributed by atoms with Crippen molar-refractivity contribution in [3.8, 4) is 0 Å². The molecule has 92 valence electrons. The molecule has 1 heterocycles. The molecule has 3 heteroatoms. The molecule has 1 aliphatic carbocycles. The highest BCUT2D eigenvalue weighted by molar-refractivity contribution is 5.78. The molecular weight excluding hydrogens is 200 g/mol. The number of carbonyl (C=O) groups excluding carboxylic acids is 1. The van der Waals surface area contributed by atoms with Gasteiger partial charge in [-0.1, -0.05) is 13.8 Å². The molecular formula is C13H24N2O. The monoisotopic (exact) mass is 224 g/mol. The summed E-state index contributed by atoms with van der Waals surface area (Å²) >= 11 is 0. The molecule has 0 atom stereocenters. The highest BCUT2D eigenvalue weighted by Crippen LogP contribution is 2.28. The number of rotatable bonds is 4. The molecule has 0 radical (unpaired) electrons. The zero-order chi connectivity index (χ0) is 11.5. The van der Waals surface area contributed by atoms with Crippen LogP contribution in [0.2, 0.25) is 0 Å². The summed E-state index contributed by atoms with van der Waals surface area (Å²) in [5, 5.41) is 3.63. The SMILES string of the molecule is CC(C)C(=O)N1CCC(NCC2CC2)CC1. The van der Waals surface area contributed by atoms with E-state index in [1.54, 1.807) is 0 Å². The predicted octanol–water partition coefficient (Wildman–Crippen LogP) is 1.63. The van der Waals surface area contributed by atoms with Gasteiger partial charge < -0.3 is 10.2 Å². The van der Waals surface area contributed by atoms with E-state index >= 15 is 0 Å². The lowest BCUT2D eigenvalue weighted by Gasteiger charge is -2.33. The molecule has 16 heavy (non-hydrogen) atoms. The van der Waals surface area contributed by atoms with Gasteiger partial charge in [0.25, 0.3) is 0 Å². The average Bonchev–Trinajstić information content (AvgIpc) is 3.10. The first-order valence-electron chi connectivity index (χ1n) is 6.69. The van der Waals surface area contributed by atoms with Crippen LogP contribution in [0.3, 0.4) is 0 Å². The fourth-order valence-corrected chi connectivity index (χ4v) is 2.32. The van der Waals surface area contributed by atoms with Gasteiger partial charge in [0.2, 0.25) is 5.91 Å². The van der Waals surface area contributed by atoms with Crippen molar-refractivity contribution in [2.45, 2.75) is 45.6 Å². The summed E-state index contributed by atoms with van der Waals surface area (Å²) in [6.45, 7) is 7.06. The number of hydrogen-bond acceptors (Lipinski definition) is 2. The Morgan fingerprint density at radius 2 is 1.88 bits per heavy atom. The molecule has 0 aromatic rings. The van der Waals surface area contributed by atoms with E-state index in [0.717, 1.165) is 31.8 Å². The van der Waals surface area contributed by atoms with Crippen molar-refractivity contribution in [1.82, 2.24) is 10.2 Å². The third-order valence-electron chi connectivity index (χ3n) is 3.69. The average molecular weight is 224 g/mol. The number of amides is 1. The van der Waals surface area contributed by atoms with E-state index in [9.17, 15) is 4.79 Å². The van der Waals surface area contributed by atoms with Crippen LogP contribution >= 0.6 is 0 Å². The van der Waals surface area contributed by atoms with Crippen molar-refractivity contribution in [3.63, 3.8) is 0 Å². The van der Waals surface area contributed by atoms with E-state index in [4.69, 9.17) is 0 Å². The Bertz CT molecular complexity index is 240. The van der Waals surface area contributed by atoms with Gasteiger partial charge in [0.05, 0.1) is 0 Å². The summed E-state index contributed by atoms with van der Waals surface area (Å²) in [7, 11) is 0.